The number of amides is 1. The van der Waals surface area contributed by atoms with Crippen LogP contribution in [0, 0.1) is 5.92 Å². The predicted octanol–water partition coefficient (Wildman–Crippen LogP) is 6.53. The van der Waals surface area contributed by atoms with E-state index in [2.05, 4.69) is 20.4 Å². The molecule has 0 spiro atoms. The standard InChI is InChI=1S/C28H27ClN4O2S/c29-23-12-10-20(11-13-23)19-36-25-9-5-4-8-24(25)30-28(34)22-14-16-33(17-15-22)18-26-31-27(32-35-26)21-6-2-1-3-7-21/h1-13,22H,14-19H2,(H,30,34). The maximum absolute atomic E-state index is 13.1. The van der Waals surface area contributed by atoms with E-state index < -0.39 is 0 Å². The number of rotatable bonds is 8. The highest BCUT2D eigenvalue weighted by Gasteiger charge is 2.26. The van der Waals surface area contributed by atoms with Crippen molar-refractivity contribution < 1.29 is 9.32 Å². The summed E-state index contributed by atoms with van der Waals surface area (Å²) < 4.78 is 5.46. The van der Waals surface area contributed by atoms with Gasteiger partial charge < -0.3 is 9.84 Å². The second kappa shape index (κ2) is 11.7. The third-order valence-corrected chi connectivity index (χ3v) is 7.67. The van der Waals surface area contributed by atoms with Crippen LogP contribution >= 0.6 is 23.4 Å². The number of hydrogen-bond acceptors (Lipinski definition) is 6. The van der Waals surface area contributed by atoms with Crippen LogP contribution in [0.5, 0.6) is 0 Å². The van der Waals surface area contributed by atoms with Gasteiger partial charge in [-0.05, 0) is 55.8 Å². The van der Waals surface area contributed by atoms with Gasteiger partial charge in [-0.15, -0.1) is 11.8 Å². The van der Waals surface area contributed by atoms with Crippen LogP contribution in [0.1, 0.15) is 24.3 Å². The van der Waals surface area contributed by atoms with Gasteiger partial charge >= 0.3 is 0 Å². The van der Waals surface area contributed by atoms with Crippen LogP contribution in [-0.2, 0) is 17.1 Å². The van der Waals surface area contributed by atoms with Gasteiger partial charge in [0, 0.05) is 27.2 Å². The molecule has 0 aliphatic carbocycles. The highest BCUT2D eigenvalue weighted by molar-refractivity contribution is 7.98. The van der Waals surface area contributed by atoms with Gasteiger partial charge in [0.15, 0.2) is 0 Å². The van der Waals surface area contributed by atoms with Crippen molar-refractivity contribution in [3.05, 3.63) is 95.3 Å². The molecule has 2 heterocycles. The van der Waals surface area contributed by atoms with E-state index in [1.807, 2.05) is 78.9 Å². The van der Waals surface area contributed by atoms with E-state index >= 15 is 0 Å². The summed E-state index contributed by atoms with van der Waals surface area (Å²) in [7, 11) is 0. The molecule has 0 bridgehead atoms. The molecule has 6 nitrogen and oxygen atoms in total. The predicted molar refractivity (Wildman–Crippen MR) is 144 cm³/mol. The Labute approximate surface area is 220 Å². The molecule has 4 aromatic rings. The zero-order valence-electron chi connectivity index (χ0n) is 19.8. The van der Waals surface area contributed by atoms with Crippen LogP contribution in [0.4, 0.5) is 5.69 Å². The first kappa shape index (κ1) is 24.6. The van der Waals surface area contributed by atoms with Crippen LogP contribution in [0.15, 0.2) is 88.3 Å². The normalized spacial score (nSPS) is 14.6. The van der Waals surface area contributed by atoms with Gasteiger partial charge in [-0.2, -0.15) is 4.98 Å². The number of para-hydroxylation sites is 1. The van der Waals surface area contributed by atoms with Crippen molar-refractivity contribution in [2.75, 3.05) is 18.4 Å². The van der Waals surface area contributed by atoms with Gasteiger partial charge in [0.2, 0.25) is 17.6 Å². The van der Waals surface area contributed by atoms with Crippen molar-refractivity contribution in [3.63, 3.8) is 0 Å². The lowest BCUT2D eigenvalue weighted by Crippen LogP contribution is -2.37. The number of carbonyl (C=O) groups is 1. The molecule has 3 aromatic carbocycles. The number of carbonyl (C=O) groups excluding carboxylic acids is 1. The molecule has 36 heavy (non-hydrogen) atoms. The first-order chi connectivity index (χ1) is 17.6. The second-order valence-electron chi connectivity index (χ2n) is 8.83. The topological polar surface area (TPSA) is 71.3 Å². The third kappa shape index (κ3) is 6.35. The lowest BCUT2D eigenvalue weighted by atomic mass is 9.96. The van der Waals surface area contributed by atoms with Crippen LogP contribution in [0.3, 0.4) is 0 Å². The van der Waals surface area contributed by atoms with Crippen molar-refractivity contribution >= 4 is 35.0 Å². The number of anilines is 1. The summed E-state index contributed by atoms with van der Waals surface area (Å²) >= 11 is 7.70. The van der Waals surface area contributed by atoms with Gasteiger partial charge in [0.05, 0.1) is 12.2 Å². The molecule has 1 aliphatic heterocycles. The molecule has 184 valence electrons. The largest absolute Gasteiger partial charge is 0.338 e. The van der Waals surface area contributed by atoms with Crippen molar-refractivity contribution in [2.24, 2.45) is 5.92 Å². The Hall–Kier alpha value is -3.13. The van der Waals surface area contributed by atoms with Gasteiger partial charge in [-0.3, -0.25) is 9.69 Å². The SMILES string of the molecule is O=C(Nc1ccccc1SCc1ccc(Cl)cc1)C1CCN(Cc2nc(-c3ccccc3)no2)CC1. The second-order valence-corrected chi connectivity index (χ2v) is 10.3. The number of hydrogen-bond donors (Lipinski definition) is 1. The number of piperidine rings is 1. The molecule has 0 radical (unpaired) electrons. The fourth-order valence-electron chi connectivity index (χ4n) is 4.24. The van der Waals surface area contributed by atoms with E-state index in [4.69, 9.17) is 16.1 Å². The molecule has 0 saturated carbocycles. The van der Waals surface area contributed by atoms with Gasteiger partial charge in [-0.1, -0.05) is 71.4 Å². The minimum atomic E-state index is -0.0156. The van der Waals surface area contributed by atoms with E-state index in [0.717, 1.165) is 52.9 Å². The molecule has 0 unspecified atom stereocenters. The average molecular weight is 519 g/mol. The summed E-state index contributed by atoms with van der Waals surface area (Å²) in [5.74, 6) is 2.08. The first-order valence-electron chi connectivity index (χ1n) is 12.0. The summed E-state index contributed by atoms with van der Waals surface area (Å²) in [5, 5.41) is 8.01. The summed E-state index contributed by atoms with van der Waals surface area (Å²) in [5.41, 5.74) is 2.99. The molecule has 5 rings (SSSR count). The van der Waals surface area contributed by atoms with Crippen molar-refractivity contribution in [1.82, 2.24) is 15.0 Å². The third-order valence-electron chi connectivity index (χ3n) is 6.27. The molecule has 1 aliphatic rings. The summed E-state index contributed by atoms with van der Waals surface area (Å²) in [4.78, 5) is 20.9. The van der Waals surface area contributed by atoms with E-state index in [-0.39, 0.29) is 11.8 Å². The monoisotopic (exact) mass is 518 g/mol. The van der Waals surface area contributed by atoms with Crippen molar-refractivity contribution in [1.29, 1.82) is 0 Å². The minimum Gasteiger partial charge on any atom is -0.338 e. The van der Waals surface area contributed by atoms with Gasteiger partial charge in [0.25, 0.3) is 0 Å². The lowest BCUT2D eigenvalue weighted by molar-refractivity contribution is -0.121. The minimum absolute atomic E-state index is 0.0156. The summed E-state index contributed by atoms with van der Waals surface area (Å²) in [6.07, 6.45) is 1.59. The molecule has 1 saturated heterocycles. The summed E-state index contributed by atoms with van der Waals surface area (Å²) in [6.45, 7) is 2.22. The maximum atomic E-state index is 13.1. The molecule has 0 atom stereocenters. The van der Waals surface area contributed by atoms with Crippen LogP contribution < -0.4 is 5.32 Å². The molecular formula is C28H27ClN4O2S. The number of halogens is 1. The van der Waals surface area contributed by atoms with Gasteiger partial charge in [0.1, 0.15) is 0 Å². The number of nitrogens with zero attached hydrogens (tertiary/aromatic N) is 3. The quantitative estimate of drug-likeness (QED) is 0.267. The number of thioether (sulfide) groups is 1. The Kier molecular flexibility index (Phi) is 8.01. The highest BCUT2D eigenvalue weighted by atomic mass is 35.5. The van der Waals surface area contributed by atoms with Crippen LogP contribution in [0.2, 0.25) is 5.02 Å². The Morgan fingerprint density at radius 1 is 1.00 bits per heavy atom. The van der Waals surface area contributed by atoms with Crippen molar-refractivity contribution in [2.45, 2.75) is 30.0 Å². The van der Waals surface area contributed by atoms with Gasteiger partial charge in [-0.25, -0.2) is 0 Å². The fourth-order valence-corrected chi connectivity index (χ4v) is 5.33. The lowest BCUT2D eigenvalue weighted by Gasteiger charge is -2.30. The molecule has 1 fully saturated rings. The molecular weight excluding hydrogens is 492 g/mol. The van der Waals surface area contributed by atoms with E-state index in [0.29, 0.717) is 18.3 Å². The Morgan fingerprint density at radius 2 is 1.72 bits per heavy atom. The summed E-state index contributed by atoms with van der Waals surface area (Å²) in [6, 6.07) is 25.6. The van der Waals surface area contributed by atoms with Crippen LogP contribution in [-0.4, -0.2) is 34.0 Å². The highest BCUT2D eigenvalue weighted by Crippen LogP contribution is 2.31. The Morgan fingerprint density at radius 3 is 2.50 bits per heavy atom. The zero-order chi connectivity index (χ0) is 24.7. The number of aromatic nitrogens is 2. The van der Waals surface area contributed by atoms with E-state index in [1.165, 1.54) is 5.56 Å². The fraction of sp³-hybridized carbons (Fsp3) is 0.250. The Balaban J connectivity index is 1.12. The smallest absolute Gasteiger partial charge is 0.241 e. The molecule has 1 aromatic heterocycles. The van der Waals surface area contributed by atoms with E-state index in [1.54, 1.807) is 11.8 Å². The van der Waals surface area contributed by atoms with E-state index in [9.17, 15) is 4.79 Å². The van der Waals surface area contributed by atoms with Crippen LogP contribution in [0.25, 0.3) is 11.4 Å². The van der Waals surface area contributed by atoms with Crippen molar-refractivity contribution in [3.8, 4) is 11.4 Å². The maximum Gasteiger partial charge on any atom is 0.241 e. The number of benzene rings is 3. The molecule has 1 N–H and O–H groups in total. The average Bonchev–Trinajstić information content (AvgIpc) is 3.38. The first-order valence-corrected chi connectivity index (χ1v) is 13.4. The number of likely N-dealkylation sites (tertiary alicyclic amines) is 1. The zero-order valence-corrected chi connectivity index (χ0v) is 21.3. The Bertz CT molecular complexity index is 1290. The molecule has 1 amide bonds. The molecule has 8 heteroatoms. The number of nitrogens with one attached hydrogen (secondary N) is 1.